The molecule has 0 aliphatic carbocycles. The van der Waals surface area contributed by atoms with Crippen LogP contribution in [0.3, 0.4) is 0 Å². The number of hydrogen-bond acceptors (Lipinski definition) is 4. The van der Waals surface area contributed by atoms with Crippen LogP contribution in [0.5, 0.6) is 0 Å². The number of ether oxygens (including phenoxy) is 1. The fourth-order valence-electron chi connectivity index (χ4n) is 0.707. The molecule has 0 heterocycles. The minimum atomic E-state index is -0.317. The fourth-order valence-corrected chi connectivity index (χ4v) is 1.74. The Bertz CT molecular complexity index is 101. The molecule has 0 aliphatic rings. The molecule has 0 saturated heterocycles. The first-order valence-electron chi connectivity index (χ1n) is 4.06. The molecule has 1 atom stereocenters. The van der Waals surface area contributed by atoms with Gasteiger partial charge in [0.2, 0.25) is 0 Å². The molecule has 0 saturated carbocycles. The zero-order valence-electron chi connectivity index (χ0n) is 8.12. The number of methoxy groups -OCH3 is 1. The average molecular weight is 193 g/mol. The molecule has 0 aromatic carbocycles. The van der Waals surface area contributed by atoms with Crippen molar-refractivity contribution in [3.05, 3.63) is 0 Å². The predicted octanol–water partition coefficient (Wildman–Crippen LogP) is 0.288. The van der Waals surface area contributed by atoms with Gasteiger partial charge in [-0.2, -0.15) is 11.8 Å². The van der Waals surface area contributed by atoms with E-state index in [2.05, 4.69) is 4.90 Å². The molecule has 0 spiro atoms. The van der Waals surface area contributed by atoms with Gasteiger partial charge in [0.15, 0.2) is 0 Å². The molecule has 1 unspecified atom stereocenters. The van der Waals surface area contributed by atoms with Crippen LogP contribution in [-0.4, -0.2) is 62.0 Å². The lowest BCUT2D eigenvalue weighted by Crippen LogP contribution is -2.19. The molecule has 0 aromatic heterocycles. The summed E-state index contributed by atoms with van der Waals surface area (Å²) in [5.41, 5.74) is 0. The molecule has 0 bridgehead atoms. The second kappa shape index (κ2) is 7.86. The van der Waals surface area contributed by atoms with Crippen LogP contribution >= 0.6 is 11.8 Å². The quantitative estimate of drug-likeness (QED) is 0.589. The Balaban J connectivity index is 3.08. The summed E-state index contributed by atoms with van der Waals surface area (Å²) in [5, 5.41) is 9.25. The Labute approximate surface area is 79.1 Å². The van der Waals surface area contributed by atoms with Gasteiger partial charge in [0.25, 0.3) is 0 Å². The van der Waals surface area contributed by atoms with E-state index in [1.165, 1.54) is 0 Å². The van der Waals surface area contributed by atoms with E-state index in [1.807, 2.05) is 14.1 Å². The van der Waals surface area contributed by atoms with Crippen molar-refractivity contribution in [3.63, 3.8) is 0 Å². The Morgan fingerprint density at radius 3 is 2.67 bits per heavy atom. The standard InChI is InChI=1S/C8H19NO2S/c1-9(2)4-5-12-7-8(10)6-11-3/h8,10H,4-7H2,1-3H3. The third-order valence-electron chi connectivity index (χ3n) is 1.35. The minimum Gasteiger partial charge on any atom is -0.390 e. The van der Waals surface area contributed by atoms with Crippen LogP contribution in [0.4, 0.5) is 0 Å². The summed E-state index contributed by atoms with van der Waals surface area (Å²) in [5.74, 6) is 1.83. The monoisotopic (exact) mass is 193 g/mol. The molecule has 0 aromatic rings. The Kier molecular flexibility index (Phi) is 8.01. The third-order valence-corrected chi connectivity index (χ3v) is 2.44. The molecule has 0 aliphatic heterocycles. The van der Waals surface area contributed by atoms with Gasteiger partial charge in [-0.1, -0.05) is 0 Å². The Hall–Kier alpha value is 0.230. The first-order valence-corrected chi connectivity index (χ1v) is 5.21. The summed E-state index contributed by atoms with van der Waals surface area (Å²) in [6.45, 7) is 1.50. The van der Waals surface area contributed by atoms with E-state index < -0.39 is 0 Å². The smallest absolute Gasteiger partial charge is 0.0863 e. The van der Waals surface area contributed by atoms with Gasteiger partial charge < -0.3 is 14.7 Å². The van der Waals surface area contributed by atoms with Crippen molar-refractivity contribution in [2.24, 2.45) is 0 Å². The van der Waals surface area contributed by atoms with Crippen molar-refractivity contribution < 1.29 is 9.84 Å². The van der Waals surface area contributed by atoms with E-state index in [0.717, 1.165) is 18.1 Å². The van der Waals surface area contributed by atoms with Gasteiger partial charge in [-0.3, -0.25) is 0 Å². The van der Waals surface area contributed by atoms with Crippen LogP contribution < -0.4 is 0 Å². The summed E-state index contributed by atoms with van der Waals surface area (Å²) in [6.07, 6.45) is -0.317. The van der Waals surface area contributed by atoms with Gasteiger partial charge >= 0.3 is 0 Å². The van der Waals surface area contributed by atoms with E-state index in [0.29, 0.717) is 6.61 Å². The molecule has 0 fully saturated rings. The molecule has 0 amide bonds. The van der Waals surface area contributed by atoms with Crippen LogP contribution in [0, 0.1) is 0 Å². The molecular weight excluding hydrogens is 174 g/mol. The predicted molar refractivity (Wildman–Crippen MR) is 53.8 cm³/mol. The van der Waals surface area contributed by atoms with Gasteiger partial charge in [-0.25, -0.2) is 0 Å². The van der Waals surface area contributed by atoms with Crippen LogP contribution in [0.1, 0.15) is 0 Å². The van der Waals surface area contributed by atoms with Crippen LogP contribution in [0.25, 0.3) is 0 Å². The van der Waals surface area contributed by atoms with Crippen LogP contribution in [-0.2, 0) is 4.74 Å². The lowest BCUT2D eigenvalue weighted by Gasteiger charge is -2.11. The SMILES string of the molecule is COCC(O)CSCCN(C)C. The van der Waals surface area contributed by atoms with Crippen molar-refractivity contribution in [1.82, 2.24) is 4.90 Å². The normalized spacial score (nSPS) is 13.8. The van der Waals surface area contributed by atoms with Gasteiger partial charge in [0.05, 0.1) is 12.7 Å². The van der Waals surface area contributed by atoms with Crippen molar-refractivity contribution in [3.8, 4) is 0 Å². The van der Waals surface area contributed by atoms with Gasteiger partial charge in [-0.05, 0) is 14.1 Å². The number of rotatable bonds is 7. The molecule has 12 heavy (non-hydrogen) atoms. The van der Waals surface area contributed by atoms with E-state index in [9.17, 15) is 5.11 Å². The number of thioether (sulfide) groups is 1. The first-order chi connectivity index (χ1) is 5.66. The molecule has 3 nitrogen and oxygen atoms in total. The summed E-state index contributed by atoms with van der Waals surface area (Å²) >= 11 is 1.76. The largest absolute Gasteiger partial charge is 0.390 e. The summed E-state index contributed by atoms with van der Waals surface area (Å²) in [4.78, 5) is 2.13. The van der Waals surface area contributed by atoms with Crippen molar-refractivity contribution in [2.45, 2.75) is 6.10 Å². The van der Waals surface area contributed by atoms with Crippen LogP contribution in [0.2, 0.25) is 0 Å². The summed E-state index contributed by atoms with van der Waals surface area (Å²) in [7, 11) is 5.70. The first kappa shape index (κ1) is 12.2. The maximum atomic E-state index is 9.25. The number of hydrogen-bond donors (Lipinski definition) is 1. The Morgan fingerprint density at radius 1 is 1.50 bits per heavy atom. The zero-order valence-corrected chi connectivity index (χ0v) is 8.93. The molecule has 0 radical (unpaired) electrons. The number of aliphatic hydroxyl groups is 1. The lowest BCUT2D eigenvalue weighted by atomic mass is 10.4. The van der Waals surface area contributed by atoms with Gasteiger partial charge in [-0.15, -0.1) is 0 Å². The fraction of sp³-hybridized carbons (Fsp3) is 1.00. The van der Waals surface area contributed by atoms with Gasteiger partial charge in [0.1, 0.15) is 0 Å². The van der Waals surface area contributed by atoms with E-state index in [1.54, 1.807) is 18.9 Å². The van der Waals surface area contributed by atoms with Crippen molar-refractivity contribution >= 4 is 11.8 Å². The second-order valence-electron chi connectivity index (χ2n) is 2.99. The average Bonchev–Trinajstić information content (AvgIpc) is 1.98. The van der Waals surface area contributed by atoms with Gasteiger partial charge in [0, 0.05) is 25.2 Å². The molecule has 74 valence electrons. The van der Waals surface area contributed by atoms with Crippen molar-refractivity contribution in [2.75, 3.05) is 45.9 Å². The summed E-state index contributed by atoms with van der Waals surface area (Å²) < 4.78 is 4.81. The maximum absolute atomic E-state index is 9.25. The second-order valence-corrected chi connectivity index (χ2v) is 4.14. The van der Waals surface area contributed by atoms with E-state index in [4.69, 9.17) is 4.74 Å². The Morgan fingerprint density at radius 2 is 2.17 bits per heavy atom. The molecular formula is C8H19NO2S. The van der Waals surface area contributed by atoms with Crippen LogP contribution in [0.15, 0.2) is 0 Å². The lowest BCUT2D eigenvalue weighted by molar-refractivity contribution is 0.0794. The molecule has 4 heteroatoms. The topological polar surface area (TPSA) is 32.7 Å². The summed E-state index contributed by atoms with van der Waals surface area (Å²) in [6, 6.07) is 0. The highest BCUT2D eigenvalue weighted by molar-refractivity contribution is 7.99. The highest BCUT2D eigenvalue weighted by Crippen LogP contribution is 2.02. The molecule has 0 rings (SSSR count). The number of nitrogens with zero attached hydrogens (tertiary/aromatic N) is 1. The third kappa shape index (κ3) is 8.33. The minimum absolute atomic E-state index is 0.317. The highest BCUT2D eigenvalue weighted by Gasteiger charge is 2.02. The maximum Gasteiger partial charge on any atom is 0.0863 e. The van der Waals surface area contributed by atoms with E-state index in [-0.39, 0.29) is 6.10 Å². The molecule has 1 N–H and O–H groups in total. The number of aliphatic hydroxyl groups excluding tert-OH is 1. The zero-order chi connectivity index (χ0) is 9.40. The highest BCUT2D eigenvalue weighted by atomic mass is 32.2. The van der Waals surface area contributed by atoms with Crippen molar-refractivity contribution in [1.29, 1.82) is 0 Å². The van der Waals surface area contributed by atoms with E-state index >= 15 is 0 Å².